The molecule has 0 saturated carbocycles. The third-order valence-electron chi connectivity index (χ3n) is 2.32. The van der Waals surface area contributed by atoms with E-state index in [-0.39, 0.29) is 5.56 Å². The molecule has 104 valence electrons. The molecule has 0 aliphatic heterocycles. The predicted octanol–water partition coefficient (Wildman–Crippen LogP) is 5.81. The molecular weight excluding hydrogens is 365 g/mol. The molecule has 0 radical (unpaired) electrons. The van der Waals surface area contributed by atoms with E-state index in [2.05, 4.69) is 0 Å². The topological polar surface area (TPSA) is 28.7 Å². The molecule has 8 heteroatoms. The Labute approximate surface area is 139 Å². The van der Waals surface area contributed by atoms with E-state index in [9.17, 15) is 4.39 Å². The Balaban J connectivity index is 2.46. The van der Waals surface area contributed by atoms with E-state index in [1.54, 1.807) is 22.8 Å². The van der Waals surface area contributed by atoms with E-state index in [1.807, 2.05) is 6.07 Å². The van der Waals surface area contributed by atoms with Crippen LogP contribution < -0.4 is 0 Å². The Morgan fingerprint density at radius 3 is 2.50 bits per heavy atom. The predicted molar refractivity (Wildman–Crippen MR) is 81.9 cm³/mol. The van der Waals surface area contributed by atoms with Gasteiger partial charge in [0.1, 0.15) is 6.07 Å². The average Bonchev–Trinajstić information content (AvgIpc) is 2.69. The molecule has 0 amide bonds. The van der Waals surface area contributed by atoms with Crippen LogP contribution in [0.3, 0.4) is 0 Å². The number of aromatic nitrogens is 1. The van der Waals surface area contributed by atoms with Gasteiger partial charge in [-0.25, -0.2) is 0 Å². The molecule has 0 saturated heterocycles. The first kappa shape index (κ1) is 15.8. The summed E-state index contributed by atoms with van der Waals surface area (Å²) in [7, 11) is 0. The molecule has 1 aromatic heterocycles. The maximum atomic E-state index is 13.3. The molecule has 0 aliphatic carbocycles. The molecule has 2 rings (SSSR count). The van der Waals surface area contributed by atoms with Crippen molar-refractivity contribution in [2.75, 3.05) is 0 Å². The number of nitrogens with zero attached hydrogens (tertiary/aromatic N) is 2. The summed E-state index contributed by atoms with van der Waals surface area (Å²) < 4.78 is 12.3. The van der Waals surface area contributed by atoms with Gasteiger partial charge in [0.25, 0.3) is 0 Å². The lowest BCUT2D eigenvalue weighted by Crippen LogP contribution is -1.95. The molecule has 0 fully saturated rings. The Kier molecular flexibility index (Phi) is 4.78. The molecule has 0 bridgehead atoms. The smallest absolute Gasteiger partial charge is 0.309 e. The molecule has 2 nitrogen and oxygen atoms in total. The third kappa shape index (κ3) is 3.75. The summed E-state index contributed by atoms with van der Waals surface area (Å²) in [5.41, 5.74) is 0.845. The number of thioether (sulfide) groups is 1. The van der Waals surface area contributed by atoms with Crippen LogP contribution in [0.2, 0.25) is 10.0 Å². The molecule has 20 heavy (non-hydrogen) atoms. The molecule has 1 heterocycles. The van der Waals surface area contributed by atoms with Crippen LogP contribution in [-0.4, -0.2) is 8.49 Å². The number of benzene rings is 1. The minimum atomic E-state index is -2.51. The Hall–Kier alpha value is -0.570. The fourth-order valence-electron chi connectivity index (χ4n) is 1.56. The molecule has 0 unspecified atom stereocenters. The van der Waals surface area contributed by atoms with Crippen molar-refractivity contribution in [3.63, 3.8) is 0 Å². The van der Waals surface area contributed by atoms with Crippen molar-refractivity contribution in [1.82, 2.24) is 4.57 Å². The molecule has 0 N–H and O–H groups in total. The summed E-state index contributed by atoms with van der Waals surface area (Å²) in [6, 6.07) is 6.86. The highest BCUT2D eigenvalue weighted by Crippen LogP contribution is 2.43. The van der Waals surface area contributed by atoms with Crippen molar-refractivity contribution in [2.24, 2.45) is 0 Å². The van der Waals surface area contributed by atoms with Crippen LogP contribution >= 0.6 is 58.2 Å². The minimum absolute atomic E-state index is 0.240. The minimum Gasteiger partial charge on any atom is -0.320 e. The van der Waals surface area contributed by atoms with Crippen LogP contribution in [0.5, 0.6) is 0 Å². The van der Waals surface area contributed by atoms with Crippen molar-refractivity contribution in [3.05, 3.63) is 46.2 Å². The molecule has 0 spiro atoms. The summed E-state index contributed by atoms with van der Waals surface area (Å²) in [4.78, 5) is 0.311. The number of halogens is 5. The molecule has 0 aliphatic rings. The van der Waals surface area contributed by atoms with E-state index >= 15 is 0 Å². The van der Waals surface area contributed by atoms with E-state index < -0.39 is 3.92 Å². The zero-order chi connectivity index (χ0) is 14.9. The third-order valence-corrected chi connectivity index (χ3v) is 4.10. The second-order valence-corrected chi connectivity index (χ2v) is 7.43. The van der Waals surface area contributed by atoms with Gasteiger partial charge in [-0.1, -0.05) is 46.4 Å². The van der Waals surface area contributed by atoms with Gasteiger partial charge in [-0.15, -0.1) is 0 Å². The zero-order valence-corrected chi connectivity index (χ0v) is 13.4. The van der Waals surface area contributed by atoms with Gasteiger partial charge in [-0.05, 0) is 30.0 Å². The van der Waals surface area contributed by atoms with Gasteiger partial charge in [0, 0.05) is 22.3 Å². The first-order chi connectivity index (χ1) is 9.30. The number of alkyl halides is 3. The lowest BCUT2D eigenvalue weighted by Gasteiger charge is -2.07. The highest BCUT2D eigenvalue weighted by Gasteiger charge is 2.26. The lowest BCUT2D eigenvalue weighted by molar-refractivity contribution is 0.516. The molecule has 1 aromatic carbocycles. The second kappa shape index (κ2) is 6.05. The summed E-state index contributed by atoms with van der Waals surface area (Å²) in [6.45, 7) is 0. The van der Waals surface area contributed by atoms with Crippen LogP contribution in [0, 0.1) is 11.3 Å². The summed E-state index contributed by atoms with van der Waals surface area (Å²) in [5.74, 6) is 0. The van der Waals surface area contributed by atoms with E-state index in [0.717, 1.165) is 0 Å². The van der Waals surface area contributed by atoms with Gasteiger partial charge >= 0.3 is 3.92 Å². The largest absolute Gasteiger partial charge is 0.320 e. The van der Waals surface area contributed by atoms with Gasteiger partial charge in [0.05, 0.1) is 16.3 Å². The van der Waals surface area contributed by atoms with Crippen LogP contribution in [-0.2, 0) is 0 Å². The second-order valence-electron chi connectivity index (χ2n) is 3.70. The van der Waals surface area contributed by atoms with Crippen molar-refractivity contribution >= 4 is 58.2 Å². The number of hydrogen-bond acceptors (Lipinski definition) is 2. The number of hydrogen-bond donors (Lipinski definition) is 0. The van der Waals surface area contributed by atoms with Crippen molar-refractivity contribution in [2.45, 2.75) is 8.81 Å². The van der Waals surface area contributed by atoms with Crippen LogP contribution in [0.4, 0.5) is 4.39 Å². The van der Waals surface area contributed by atoms with Crippen molar-refractivity contribution in [1.29, 1.82) is 5.26 Å². The fourth-order valence-corrected chi connectivity index (χ4v) is 3.18. The van der Waals surface area contributed by atoms with Gasteiger partial charge in [-0.3, -0.25) is 0 Å². The van der Waals surface area contributed by atoms with Crippen molar-refractivity contribution < 1.29 is 4.39 Å². The van der Waals surface area contributed by atoms with Gasteiger partial charge in [-0.2, -0.15) is 9.65 Å². The lowest BCUT2D eigenvalue weighted by atomic mass is 10.3. The Morgan fingerprint density at radius 2 is 1.95 bits per heavy atom. The number of rotatable bonds is 3. The summed E-state index contributed by atoms with van der Waals surface area (Å²) in [6.07, 6.45) is 3.04. The fraction of sp³-hybridized carbons (Fsp3) is 0.0833. The zero-order valence-electron chi connectivity index (χ0n) is 9.58. The maximum absolute atomic E-state index is 13.3. The van der Waals surface area contributed by atoms with Gasteiger partial charge in [0.15, 0.2) is 0 Å². The summed E-state index contributed by atoms with van der Waals surface area (Å²) >= 11 is 23.0. The first-order valence-electron chi connectivity index (χ1n) is 5.13. The van der Waals surface area contributed by atoms with Gasteiger partial charge < -0.3 is 4.57 Å². The first-order valence-corrected chi connectivity index (χ1v) is 7.46. The molecule has 2 aromatic rings. The SMILES string of the molecule is N#Cc1cn(-c2ccc(Cl)cc2Cl)cc1SC(F)(Cl)Cl. The molecular formula is C12H5Cl4FN2S. The maximum Gasteiger partial charge on any atom is 0.309 e. The van der Waals surface area contributed by atoms with Gasteiger partial charge in [0.2, 0.25) is 0 Å². The Bertz CT molecular complexity index is 688. The van der Waals surface area contributed by atoms with E-state index in [4.69, 9.17) is 51.7 Å². The quantitative estimate of drug-likeness (QED) is 0.504. The molecule has 0 atom stereocenters. The average molecular weight is 370 g/mol. The Morgan fingerprint density at radius 1 is 1.25 bits per heavy atom. The standard InChI is InChI=1S/C12H5Cl4FN2S/c13-8-1-2-10(9(14)3-8)19-5-7(4-18)11(6-19)20-12(15,16)17/h1-3,5-6H. The summed E-state index contributed by atoms with van der Waals surface area (Å²) in [5, 5.41) is 9.94. The van der Waals surface area contributed by atoms with E-state index in [1.165, 1.54) is 12.4 Å². The van der Waals surface area contributed by atoms with Crippen LogP contribution in [0.25, 0.3) is 5.69 Å². The van der Waals surface area contributed by atoms with Crippen molar-refractivity contribution in [3.8, 4) is 11.8 Å². The highest BCUT2D eigenvalue weighted by atomic mass is 35.5. The van der Waals surface area contributed by atoms with E-state index in [0.29, 0.717) is 32.4 Å². The normalized spacial score (nSPS) is 11.4. The van der Waals surface area contributed by atoms with Crippen LogP contribution in [0.15, 0.2) is 35.5 Å². The van der Waals surface area contributed by atoms with Crippen LogP contribution in [0.1, 0.15) is 5.56 Å². The number of nitriles is 1. The monoisotopic (exact) mass is 368 g/mol. The highest BCUT2D eigenvalue weighted by molar-refractivity contribution is 8.03.